The maximum Gasteiger partial charge on any atom is 0.163 e. The van der Waals surface area contributed by atoms with Crippen molar-refractivity contribution >= 4 is 40.7 Å². The van der Waals surface area contributed by atoms with Crippen molar-refractivity contribution in [3.63, 3.8) is 0 Å². The second-order valence-electron chi connectivity index (χ2n) is 6.71. The summed E-state index contributed by atoms with van der Waals surface area (Å²) >= 11 is 12.3. The summed E-state index contributed by atoms with van der Waals surface area (Å²) in [6, 6.07) is 9.36. The van der Waals surface area contributed by atoms with E-state index in [9.17, 15) is 0 Å². The van der Waals surface area contributed by atoms with E-state index in [0.29, 0.717) is 33.5 Å². The molecular formula is C19H22Cl2N6O. The van der Waals surface area contributed by atoms with Crippen LogP contribution in [0.4, 0.5) is 17.5 Å². The molecule has 1 aliphatic heterocycles. The fraction of sp³-hybridized carbons (Fsp3) is 0.316. The molecule has 0 atom stereocenters. The molecule has 1 fully saturated rings. The number of anilines is 3. The number of nitrogens with one attached hydrogen (secondary N) is 3. The first-order valence-corrected chi connectivity index (χ1v) is 9.79. The van der Waals surface area contributed by atoms with Crippen molar-refractivity contribution in [3.8, 4) is 11.4 Å². The number of hydrogen-bond acceptors (Lipinski definition) is 6. The van der Waals surface area contributed by atoms with Gasteiger partial charge in [-0.1, -0.05) is 23.2 Å². The van der Waals surface area contributed by atoms with Crippen molar-refractivity contribution < 1.29 is 6.16 Å². The van der Waals surface area contributed by atoms with Gasteiger partial charge in [0.05, 0.1) is 0 Å². The normalized spacial score (nSPS) is 14.8. The Hall–Kier alpha value is -2.35. The predicted octanol–water partition coefficient (Wildman–Crippen LogP) is 5.06. The molecule has 0 bridgehead atoms. The third kappa shape index (κ3) is 4.73. The molecule has 0 radical (unpaired) electrons. The summed E-state index contributed by atoms with van der Waals surface area (Å²) in [5.74, 6) is 2.56. The molecule has 0 aliphatic carbocycles. The van der Waals surface area contributed by atoms with Gasteiger partial charge in [0.25, 0.3) is 0 Å². The standard InChI is InChI=1S/C19H20Cl2N6O.H2/c1-11-6-18(27-26-11)23-17-10-16(22-15-2-4-28-5-3-15)24-19(25-17)12-7-13(20)9-14(21)8-12;/h6-10,15H,2-5H2,1H3,(H3,22,23,24,25,26,27);1H. The van der Waals surface area contributed by atoms with Crippen LogP contribution in [0.1, 0.15) is 20.0 Å². The topological polar surface area (TPSA) is 87.8 Å². The van der Waals surface area contributed by atoms with Crippen LogP contribution in [0, 0.1) is 6.92 Å². The average Bonchev–Trinajstić information content (AvgIpc) is 3.06. The molecule has 4 rings (SSSR count). The Labute approximate surface area is 174 Å². The molecule has 3 heterocycles. The lowest BCUT2D eigenvalue weighted by Crippen LogP contribution is -2.28. The van der Waals surface area contributed by atoms with Crippen LogP contribution in [0.15, 0.2) is 30.3 Å². The van der Waals surface area contributed by atoms with Crippen LogP contribution in [0.3, 0.4) is 0 Å². The molecule has 1 saturated heterocycles. The number of hydrogen-bond donors (Lipinski definition) is 3. The minimum atomic E-state index is 0. The summed E-state index contributed by atoms with van der Waals surface area (Å²) in [5.41, 5.74) is 1.70. The third-order valence-electron chi connectivity index (χ3n) is 4.38. The molecule has 2 aromatic heterocycles. The van der Waals surface area contributed by atoms with Crippen LogP contribution >= 0.6 is 23.2 Å². The first kappa shape index (κ1) is 19.0. The van der Waals surface area contributed by atoms with E-state index in [2.05, 4.69) is 30.8 Å². The number of aromatic nitrogens is 4. The zero-order chi connectivity index (χ0) is 19.5. The molecule has 148 valence electrons. The van der Waals surface area contributed by atoms with Crippen molar-refractivity contribution in [3.05, 3.63) is 46.1 Å². The van der Waals surface area contributed by atoms with E-state index in [1.54, 1.807) is 18.2 Å². The lowest BCUT2D eigenvalue weighted by Gasteiger charge is -2.24. The first-order valence-electron chi connectivity index (χ1n) is 9.04. The van der Waals surface area contributed by atoms with Gasteiger partial charge < -0.3 is 15.4 Å². The van der Waals surface area contributed by atoms with E-state index >= 15 is 0 Å². The van der Waals surface area contributed by atoms with Gasteiger partial charge in [-0.05, 0) is 38.0 Å². The predicted molar refractivity (Wildman–Crippen MR) is 114 cm³/mol. The fourth-order valence-electron chi connectivity index (χ4n) is 3.06. The lowest BCUT2D eigenvalue weighted by molar-refractivity contribution is 0.0904. The van der Waals surface area contributed by atoms with E-state index in [1.165, 1.54) is 0 Å². The monoisotopic (exact) mass is 420 g/mol. The minimum absolute atomic E-state index is 0. The summed E-state index contributed by atoms with van der Waals surface area (Å²) in [6.07, 6.45) is 1.87. The number of rotatable bonds is 5. The van der Waals surface area contributed by atoms with Crippen LogP contribution in [0.2, 0.25) is 10.0 Å². The van der Waals surface area contributed by atoms with E-state index < -0.39 is 0 Å². The molecule has 28 heavy (non-hydrogen) atoms. The summed E-state index contributed by atoms with van der Waals surface area (Å²) in [7, 11) is 0. The summed E-state index contributed by atoms with van der Waals surface area (Å²) in [6.45, 7) is 3.43. The fourth-order valence-corrected chi connectivity index (χ4v) is 3.59. The van der Waals surface area contributed by atoms with Crippen LogP contribution in [0.25, 0.3) is 11.4 Å². The molecular weight excluding hydrogens is 399 g/mol. The lowest BCUT2D eigenvalue weighted by atomic mass is 10.1. The number of aryl methyl sites for hydroxylation is 1. The second-order valence-corrected chi connectivity index (χ2v) is 7.59. The first-order chi connectivity index (χ1) is 13.5. The van der Waals surface area contributed by atoms with E-state index in [-0.39, 0.29) is 1.43 Å². The van der Waals surface area contributed by atoms with Gasteiger partial charge in [-0.25, -0.2) is 9.97 Å². The summed E-state index contributed by atoms with van der Waals surface area (Å²) < 4.78 is 5.44. The van der Waals surface area contributed by atoms with E-state index in [4.69, 9.17) is 27.9 Å². The van der Waals surface area contributed by atoms with Crippen molar-refractivity contribution in [1.82, 2.24) is 20.2 Å². The molecule has 9 heteroatoms. The highest BCUT2D eigenvalue weighted by Crippen LogP contribution is 2.28. The molecule has 0 unspecified atom stereocenters. The van der Waals surface area contributed by atoms with Gasteiger partial charge in [0.15, 0.2) is 11.6 Å². The number of benzene rings is 1. The van der Waals surface area contributed by atoms with Gasteiger partial charge in [0, 0.05) is 54.1 Å². The number of aromatic amines is 1. The number of halogens is 2. The minimum Gasteiger partial charge on any atom is -0.381 e. The molecule has 0 spiro atoms. The van der Waals surface area contributed by atoms with Crippen LogP contribution in [-0.2, 0) is 4.74 Å². The molecule has 3 aromatic rings. The molecule has 0 saturated carbocycles. The SMILES string of the molecule is Cc1cc(Nc2cc(NC3CCOCC3)nc(-c3cc(Cl)cc(Cl)c3)n2)n[nH]1.[HH]. The second kappa shape index (κ2) is 8.34. The van der Waals surface area contributed by atoms with Gasteiger partial charge in [0.2, 0.25) is 0 Å². The smallest absolute Gasteiger partial charge is 0.163 e. The maximum atomic E-state index is 6.17. The molecule has 0 amide bonds. The highest BCUT2D eigenvalue weighted by atomic mass is 35.5. The van der Waals surface area contributed by atoms with Crippen LogP contribution < -0.4 is 10.6 Å². The van der Waals surface area contributed by atoms with Gasteiger partial charge >= 0.3 is 0 Å². The largest absolute Gasteiger partial charge is 0.381 e. The summed E-state index contributed by atoms with van der Waals surface area (Å²) in [4.78, 5) is 9.30. The van der Waals surface area contributed by atoms with E-state index in [1.807, 2.05) is 19.1 Å². The number of ether oxygens (including phenoxy) is 1. The van der Waals surface area contributed by atoms with Crippen molar-refractivity contribution in [2.75, 3.05) is 23.8 Å². The average molecular weight is 421 g/mol. The Bertz CT molecular complexity index is 957. The Balaban J connectivity index is 0.00000240. The highest BCUT2D eigenvalue weighted by Gasteiger charge is 2.16. The van der Waals surface area contributed by atoms with Crippen LogP contribution in [-0.4, -0.2) is 39.4 Å². The Morgan fingerprint density at radius 3 is 2.39 bits per heavy atom. The van der Waals surface area contributed by atoms with E-state index in [0.717, 1.165) is 43.1 Å². The maximum absolute atomic E-state index is 6.17. The van der Waals surface area contributed by atoms with Gasteiger partial charge in [-0.2, -0.15) is 5.10 Å². The number of H-pyrrole nitrogens is 1. The Morgan fingerprint density at radius 2 is 1.71 bits per heavy atom. The Kier molecular flexibility index (Phi) is 5.66. The molecule has 1 aromatic carbocycles. The quantitative estimate of drug-likeness (QED) is 0.534. The van der Waals surface area contributed by atoms with Crippen molar-refractivity contribution in [2.45, 2.75) is 25.8 Å². The third-order valence-corrected chi connectivity index (χ3v) is 4.82. The molecule has 1 aliphatic rings. The van der Waals surface area contributed by atoms with Gasteiger partial charge in [0.1, 0.15) is 11.6 Å². The highest BCUT2D eigenvalue weighted by molar-refractivity contribution is 6.35. The molecule has 7 nitrogen and oxygen atoms in total. The van der Waals surface area contributed by atoms with Crippen LogP contribution in [0.5, 0.6) is 0 Å². The zero-order valence-electron chi connectivity index (χ0n) is 15.3. The zero-order valence-corrected chi connectivity index (χ0v) is 16.8. The Morgan fingerprint density at radius 1 is 1.00 bits per heavy atom. The van der Waals surface area contributed by atoms with Gasteiger partial charge in [-0.15, -0.1) is 0 Å². The van der Waals surface area contributed by atoms with Gasteiger partial charge in [-0.3, -0.25) is 5.10 Å². The molecule has 3 N–H and O–H groups in total. The van der Waals surface area contributed by atoms with Crippen molar-refractivity contribution in [2.24, 2.45) is 0 Å². The number of nitrogens with zero attached hydrogens (tertiary/aromatic N) is 3. The van der Waals surface area contributed by atoms with Crippen molar-refractivity contribution in [1.29, 1.82) is 0 Å². The summed E-state index contributed by atoms with van der Waals surface area (Å²) in [5, 5.41) is 14.9.